The van der Waals surface area contributed by atoms with Crippen molar-refractivity contribution in [2.24, 2.45) is 0 Å². The molecule has 0 aliphatic carbocycles. The highest BCUT2D eigenvalue weighted by atomic mass is 16.5. The standard InChI is InChI=1S/C22H27N3O4/c1-15(26)23-16-6-8-17(9-7-16)24-22(27)14-25-12-4-5-20(25)19-13-18(28-2)10-11-21(19)29-3/h6-11,13,20H,4-5,12,14H2,1-3H3,(H,23,26)(H,24,27)/t20-/m1/s1. The van der Waals surface area contributed by atoms with Crippen molar-refractivity contribution in [2.75, 3.05) is 37.9 Å². The molecule has 3 rings (SSSR count). The molecule has 0 unspecified atom stereocenters. The van der Waals surface area contributed by atoms with Crippen LogP contribution >= 0.6 is 0 Å². The Morgan fingerprint density at radius 2 is 1.72 bits per heavy atom. The number of benzene rings is 2. The summed E-state index contributed by atoms with van der Waals surface area (Å²) in [5, 5.41) is 5.63. The van der Waals surface area contributed by atoms with E-state index >= 15 is 0 Å². The van der Waals surface area contributed by atoms with Crippen LogP contribution < -0.4 is 20.1 Å². The van der Waals surface area contributed by atoms with Gasteiger partial charge in [0.25, 0.3) is 0 Å². The molecule has 2 aromatic carbocycles. The summed E-state index contributed by atoms with van der Waals surface area (Å²) in [6, 6.07) is 12.9. The number of carbonyl (C=O) groups is 2. The highest BCUT2D eigenvalue weighted by molar-refractivity contribution is 5.93. The Morgan fingerprint density at radius 3 is 2.34 bits per heavy atom. The molecule has 0 spiro atoms. The normalized spacial score (nSPS) is 16.3. The van der Waals surface area contributed by atoms with Crippen molar-refractivity contribution in [1.82, 2.24) is 4.90 Å². The molecule has 29 heavy (non-hydrogen) atoms. The molecule has 1 heterocycles. The number of rotatable bonds is 7. The van der Waals surface area contributed by atoms with Crippen LogP contribution in [-0.2, 0) is 9.59 Å². The van der Waals surface area contributed by atoms with Crippen LogP contribution in [0.3, 0.4) is 0 Å². The monoisotopic (exact) mass is 397 g/mol. The van der Waals surface area contributed by atoms with Crippen LogP contribution in [0.4, 0.5) is 11.4 Å². The molecule has 2 aromatic rings. The first kappa shape index (κ1) is 20.7. The van der Waals surface area contributed by atoms with Gasteiger partial charge in [0.15, 0.2) is 0 Å². The first-order chi connectivity index (χ1) is 14.0. The number of ether oxygens (including phenoxy) is 2. The molecule has 1 fully saturated rings. The summed E-state index contributed by atoms with van der Waals surface area (Å²) in [4.78, 5) is 25.9. The second kappa shape index (κ2) is 9.43. The minimum atomic E-state index is -0.130. The van der Waals surface area contributed by atoms with Crippen LogP contribution in [0.5, 0.6) is 11.5 Å². The number of hydrogen-bond donors (Lipinski definition) is 2. The van der Waals surface area contributed by atoms with Crippen molar-refractivity contribution in [3.63, 3.8) is 0 Å². The summed E-state index contributed by atoms with van der Waals surface area (Å²) in [6.07, 6.45) is 1.98. The maximum Gasteiger partial charge on any atom is 0.238 e. The summed E-state index contributed by atoms with van der Waals surface area (Å²) in [7, 11) is 3.30. The quantitative estimate of drug-likeness (QED) is 0.748. The molecule has 0 radical (unpaired) electrons. The second-order valence-electron chi connectivity index (χ2n) is 7.04. The van der Waals surface area contributed by atoms with Gasteiger partial charge in [0.05, 0.1) is 20.8 Å². The molecule has 2 amide bonds. The summed E-state index contributed by atoms with van der Waals surface area (Å²) >= 11 is 0. The van der Waals surface area contributed by atoms with Crippen molar-refractivity contribution < 1.29 is 19.1 Å². The Morgan fingerprint density at radius 1 is 1.03 bits per heavy atom. The van der Waals surface area contributed by atoms with E-state index in [1.165, 1.54) is 6.92 Å². The third-order valence-corrected chi connectivity index (χ3v) is 5.00. The largest absolute Gasteiger partial charge is 0.497 e. The van der Waals surface area contributed by atoms with Crippen LogP contribution in [-0.4, -0.2) is 44.0 Å². The molecular weight excluding hydrogens is 370 g/mol. The summed E-state index contributed by atoms with van der Waals surface area (Å²) in [5.41, 5.74) is 2.43. The van der Waals surface area contributed by atoms with E-state index in [0.717, 1.165) is 36.4 Å². The van der Waals surface area contributed by atoms with E-state index in [1.54, 1.807) is 38.5 Å². The lowest BCUT2D eigenvalue weighted by Crippen LogP contribution is -2.33. The number of amides is 2. The molecule has 1 atom stereocenters. The molecule has 2 N–H and O–H groups in total. The number of anilines is 2. The van der Waals surface area contributed by atoms with Gasteiger partial charge >= 0.3 is 0 Å². The van der Waals surface area contributed by atoms with Crippen molar-refractivity contribution in [1.29, 1.82) is 0 Å². The van der Waals surface area contributed by atoms with E-state index in [-0.39, 0.29) is 17.9 Å². The van der Waals surface area contributed by atoms with Gasteiger partial charge in [0.2, 0.25) is 11.8 Å². The molecule has 1 aliphatic heterocycles. The molecule has 0 saturated carbocycles. The lowest BCUT2D eigenvalue weighted by atomic mass is 10.0. The Bertz CT molecular complexity index is 867. The Labute approximate surface area is 171 Å². The average molecular weight is 397 g/mol. The predicted molar refractivity (Wildman–Crippen MR) is 112 cm³/mol. The van der Waals surface area contributed by atoms with Gasteiger partial charge < -0.3 is 20.1 Å². The van der Waals surface area contributed by atoms with Crippen LogP contribution in [0.15, 0.2) is 42.5 Å². The third-order valence-electron chi connectivity index (χ3n) is 5.00. The van der Waals surface area contributed by atoms with Crippen molar-refractivity contribution in [2.45, 2.75) is 25.8 Å². The molecule has 1 aliphatic rings. The number of carbonyl (C=O) groups excluding carboxylic acids is 2. The maximum absolute atomic E-state index is 12.6. The van der Waals surface area contributed by atoms with Gasteiger partial charge in [-0.2, -0.15) is 0 Å². The second-order valence-corrected chi connectivity index (χ2v) is 7.04. The zero-order valence-electron chi connectivity index (χ0n) is 17.0. The van der Waals surface area contributed by atoms with E-state index in [9.17, 15) is 9.59 Å². The number of nitrogens with one attached hydrogen (secondary N) is 2. The van der Waals surface area contributed by atoms with E-state index in [0.29, 0.717) is 17.9 Å². The van der Waals surface area contributed by atoms with Gasteiger partial charge in [-0.25, -0.2) is 0 Å². The molecule has 154 valence electrons. The first-order valence-electron chi connectivity index (χ1n) is 9.63. The topological polar surface area (TPSA) is 79.9 Å². The lowest BCUT2D eigenvalue weighted by molar-refractivity contribution is -0.117. The van der Waals surface area contributed by atoms with Crippen molar-refractivity contribution in [3.05, 3.63) is 48.0 Å². The van der Waals surface area contributed by atoms with Crippen LogP contribution in [0, 0.1) is 0 Å². The fourth-order valence-electron chi connectivity index (χ4n) is 3.69. The predicted octanol–water partition coefficient (Wildman–Crippen LogP) is 3.44. The van der Waals surface area contributed by atoms with Gasteiger partial charge in [-0.1, -0.05) is 0 Å². The van der Waals surface area contributed by atoms with E-state index in [1.807, 2.05) is 18.2 Å². The molecular formula is C22H27N3O4. The number of methoxy groups -OCH3 is 2. The van der Waals surface area contributed by atoms with Crippen LogP contribution in [0.2, 0.25) is 0 Å². The van der Waals surface area contributed by atoms with Crippen LogP contribution in [0.1, 0.15) is 31.4 Å². The van der Waals surface area contributed by atoms with E-state index in [4.69, 9.17) is 9.47 Å². The minimum absolute atomic E-state index is 0.0777. The average Bonchev–Trinajstić information content (AvgIpc) is 3.16. The molecule has 1 saturated heterocycles. The Balaban J connectivity index is 1.66. The number of hydrogen-bond acceptors (Lipinski definition) is 5. The molecule has 0 bridgehead atoms. The Kier molecular flexibility index (Phi) is 6.72. The summed E-state index contributed by atoms with van der Waals surface area (Å²) < 4.78 is 10.9. The lowest BCUT2D eigenvalue weighted by Gasteiger charge is -2.26. The SMILES string of the molecule is COc1ccc(OC)c([C@H]2CCCN2CC(=O)Nc2ccc(NC(C)=O)cc2)c1. The zero-order valence-corrected chi connectivity index (χ0v) is 17.0. The smallest absolute Gasteiger partial charge is 0.238 e. The van der Waals surface area contributed by atoms with Gasteiger partial charge in [0.1, 0.15) is 11.5 Å². The fourth-order valence-corrected chi connectivity index (χ4v) is 3.69. The maximum atomic E-state index is 12.6. The van der Waals surface area contributed by atoms with Crippen molar-refractivity contribution >= 4 is 23.2 Å². The van der Waals surface area contributed by atoms with Gasteiger partial charge in [-0.15, -0.1) is 0 Å². The molecule has 7 nitrogen and oxygen atoms in total. The third kappa shape index (κ3) is 5.26. The zero-order chi connectivity index (χ0) is 20.8. The molecule has 7 heteroatoms. The van der Waals surface area contributed by atoms with Gasteiger partial charge in [0, 0.05) is 29.9 Å². The minimum Gasteiger partial charge on any atom is -0.497 e. The summed E-state index contributed by atoms with van der Waals surface area (Å²) in [6.45, 7) is 2.60. The summed E-state index contributed by atoms with van der Waals surface area (Å²) in [5.74, 6) is 1.37. The Hall–Kier alpha value is -3.06. The highest BCUT2D eigenvalue weighted by Gasteiger charge is 2.30. The number of nitrogens with zero attached hydrogens (tertiary/aromatic N) is 1. The molecule has 0 aromatic heterocycles. The number of likely N-dealkylation sites (tertiary alicyclic amines) is 1. The van der Waals surface area contributed by atoms with Crippen LogP contribution in [0.25, 0.3) is 0 Å². The van der Waals surface area contributed by atoms with Gasteiger partial charge in [-0.3, -0.25) is 14.5 Å². The highest BCUT2D eigenvalue weighted by Crippen LogP contribution is 2.38. The fraction of sp³-hybridized carbons (Fsp3) is 0.364. The van der Waals surface area contributed by atoms with E-state index < -0.39 is 0 Å². The van der Waals surface area contributed by atoms with Gasteiger partial charge in [-0.05, 0) is 61.9 Å². The van der Waals surface area contributed by atoms with Crippen molar-refractivity contribution in [3.8, 4) is 11.5 Å². The first-order valence-corrected chi connectivity index (χ1v) is 9.63. The van der Waals surface area contributed by atoms with E-state index in [2.05, 4.69) is 15.5 Å².